The van der Waals surface area contributed by atoms with Crippen LogP contribution in [0.25, 0.3) is 10.9 Å². The largest absolute Gasteiger partial charge is 0.496 e. The first kappa shape index (κ1) is 16.7. The number of hydrogen-bond acceptors (Lipinski definition) is 3. The Balaban J connectivity index is 1.54. The van der Waals surface area contributed by atoms with E-state index in [1.807, 2.05) is 12.1 Å². The summed E-state index contributed by atoms with van der Waals surface area (Å²) in [5, 5.41) is 1.30. The molecule has 4 heteroatoms. The Labute approximate surface area is 154 Å². The van der Waals surface area contributed by atoms with Crippen molar-refractivity contribution in [3.05, 3.63) is 65.9 Å². The van der Waals surface area contributed by atoms with Crippen molar-refractivity contribution < 1.29 is 4.74 Å². The van der Waals surface area contributed by atoms with Crippen LogP contribution < -0.4 is 4.74 Å². The maximum absolute atomic E-state index is 5.51. The van der Waals surface area contributed by atoms with Crippen LogP contribution in [0, 0.1) is 0 Å². The lowest BCUT2D eigenvalue weighted by atomic mass is 9.93. The molecule has 134 valence electrons. The third-order valence-electron chi connectivity index (χ3n) is 5.22. The molecule has 1 aromatic heterocycles. The minimum absolute atomic E-state index is 0.114. The van der Waals surface area contributed by atoms with Crippen molar-refractivity contribution in [3.8, 4) is 5.75 Å². The second-order valence-electron chi connectivity index (χ2n) is 7.36. The van der Waals surface area contributed by atoms with Gasteiger partial charge in [-0.1, -0.05) is 36.4 Å². The zero-order chi connectivity index (χ0) is 18.1. The van der Waals surface area contributed by atoms with Gasteiger partial charge in [0.05, 0.1) is 18.5 Å². The molecular formula is C22H25N3O. The normalized spacial score (nSPS) is 19.8. The van der Waals surface area contributed by atoms with E-state index >= 15 is 0 Å². The van der Waals surface area contributed by atoms with E-state index in [1.165, 1.54) is 22.0 Å². The van der Waals surface area contributed by atoms with Gasteiger partial charge in [-0.05, 0) is 31.5 Å². The van der Waals surface area contributed by atoms with E-state index < -0.39 is 0 Å². The van der Waals surface area contributed by atoms with Gasteiger partial charge in [0.1, 0.15) is 5.75 Å². The van der Waals surface area contributed by atoms with Crippen molar-refractivity contribution in [3.63, 3.8) is 0 Å². The van der Waals surface area contributed by atoms with Gasteiger partial charge in [-0.25, -0.2) is 0 Å². The number of methoxy groups -OCH3 is 1. The van der Waals surface area contributed by atoms with Crippen LogP contribution in [-0.2, 0) is 13.0 Å². The Morgan fingerprint density at radius 3 is 2.73 bits per heavy atom. The summed E-state index contributed by atoms with van der Waals surface area (Å²) >= 11 is 0. The maximum atomic E-state index is 5.51. The molecule has 0 fully saturated rings. The molecule has 1 atom stereocenters. The average Bonchev–Trinajstić information content (AvgIpc) is 3.16. The molecule has 1 aliphatic rings. The average molecular weight is 347 g/mol. The first-order valence-electron chi connectivity index (χ1n) is 9.06. The van der Waals surface area contributed by atoms with E-state index in [-0.39, 0.29) is 5.54 Å². The van der Waals surface area contributed by atoms with Crippen molar-refractivity contribution in [2.45, 2.75) is 32.4 Å². The number of nitrogens with zero attached hydrogens (tertiary/aromatic N) is 2. The summed E-state index contributed by atoms with van der Waals surface area (Å²) in [6.07, 6.45) is 3.06. The number of para-hydroxylation sites is 2. The predicted octanol–water partition coefficient (Wildman–Crippen LogP) is 4.41. The van der Waals surface area contributed by atoms with Crippen molar-refractivity contribution in [1.29, 1.82) is 0 Å². The van der Waals surface area contributed by atoms with E-state index in [1.54, 1.807) is 7.11 Å². The highest BCUT2D eigenvalue weighted by Gasteiger charge is 2.34. The number of hydrogen-bond donors (Lipinski definition) is 1. The molecule has 1 N–H and O–H groups in total. The van der Waals surface area contributed by atoms with Crippen LogP contribution in [0.5, 0.6) is 5.75 Å². The fraction of sp³-hybridized carbons (Fsp3) is 0.318. The lowest BCUT2D eigenvalue weighted by Gasteiger charge is -2.25. The van der Waals surface area contributed by atoms with E-state index in [9.17, 15) is 0 Å². The summed E-state index contributed by atoms with van der Waals surface area (Å²) in [6.45, 7) is 6.09. The van der Waals surface area contributed by atoms with E-state index in [0.29, 0.717) is 0 Å². The number of rotatable bonds is 5. The molecule has 2 heterocycles. The van der Waals surface area contributed by atoms with E-state index in [0.717, 1.165) is 31.1 Å². The minimum atomic E-state index is -0.114. The summed E-state index contributed by atoms with van der Waals surface area (Å²) in [7, 11) is 1.73. The SMILES string of the molecule is COc1ccccc1CN1CC(C)(Cc2c[nH]c3ccccc23)N=C1C. The second-order valence-corrected chi connectivity index (χ2v) is 7.36. The third kappa shape index (κ3) is 3.07. The molecule has 26 heavy (non-hydrogen) atoms. The Kier molecular flexibility index (Phi) is 4.19. The van der Waals surface area contributed by atoms with Crippen LogP contribution in [0.2, 0.25) is 0 Å². The highest BCUT2D eigenvalue weighted by molar-refractivity contribution is 5.84. The fourth-order valence-electron chi connectivity index (χ4n) is 4.02. The van der Waals surface area contributed by atoms with Gasteiger partial charge in [-0.15, -0.1) is 0 Å². The fourth-order valence-corrected chi connectivity index (χ4v) is 4.02. The first-order valence-corrected chi connectivity index (χ1v) is 9.06. The first-order chi connectivity index (χ1) is 12.6. The molecule has 0 saturated carbocycles. The number of fused-ring (bicyclic) bond motifs is 1. The highest BCUT2D eigenvalue weighted by Crippen LogP contribution is 2.30. The van der Waals surface area contributed by atoms with Crippen molar-refractivity contribution in [2.24, 2.45) is 4.99 Å². The van der Waals surface area contributed by atoms with Crippen LogP contribution in [0.3, 0.4) is 0 Å². The predicted molar refractivity (Wildman–Crippen MR) is 107 cm³/mol. The third-order valence-corrected chi connectivity index (χ3v) is 5.22. The molecule has 0 aliphatic carbocycles. The highest BCUT2D eigenvalue weighted by atomic mass is 16.5. The molecule has 4 rings (SSSR count). The summed E-state index contributed by atoms with van der Waals surface area (Å²) in [4.78, 5) is 10.8. The summed E-state index contributed by atoms with van der Waals surface area (Å²) in [5.41, 5.74) is 3.60. The summed E-state index contributed by atoms with van der Waals surface area (Å²) in [6, 6.07) is 16.7. The molecule has 0 spiro atoms. The van der Waals surface area contributed by atoms with Crippen LogP contribution in [-0.4, -0.2) is 34.9 Å². The quantitative estimate of drug-likeness (QED) is 0.742. The lowest BCUT2D eigenvalue weighted by Crippen LogP contribution is -2.34. The number of amidine groups is 1. The molecule has 0 saturated heterocycles. The zero-order valence-electron chi connectivity index (χ0n) is 15.6. The van der Waals surface area contributed by atoms with Crippen LogP contribution in [0.4, 0.5) is 0 Å². The lowest BCUT2D eigenvalue weighted by molar-refractivity contribution is 0.341. The molecule has 4 nitrogen and oxygen atoms in total. The Hall–Kier alpha value is -2.75. The molecule has 0 bridgehead atoms. The molecular weight excluding hydrogens is 322 g/mol. The topological polar surface area (TPSA) is 40.6 Å². The zero-order valence-corrected chi connectivity index (χ0v) is 15.6. The number of aliphatic imine (C=N–C) groups is 1. The minimum Gasteiger partial charge on any atom is -0.496 e. The summed E-state index contributed by atoms with van der Waals surface area (Å²) < 4.78 is 5.51. The van der Waals surface area contributed by atoms with Gasteiger partial charge in [0.15, 0.2) is 0 Å². The number of benzene rings is 2. The van der Waals surface area contributed by atoms with Gasteiger partial charge in [-0.2, -0.15) is 0 Å². The van der Waals surface area contributed by atoms with Crippen molar-refractivity contribution in [1.82, 2.24) is 9.88 Å². The van der Waals surface area contributed by atoms with Gasteiger partial charge in [0.25, 0.3) is 0 Å². The second kappa shape index (κ2) is 6.52. The van der Waals surface area contributed by atoms with Gasteiger partial charge in [0.2, 0.25) is 0 Å². The number of H-pyrrole nitrogens is 1. The molecule has 3 aromatic rings. The van der Waals surface area contributed by atoms with Crippen LogP contribution in [0.15, 0.2) is 59.7 Å². The Morgan fingerprint density at radius 2 is 1.88 bits per heavy atom. The van der Waals surface area contributed by atoms with Crippen molar-refractivity contribution in [2.75, 3.05) is 13.7 Å². The van der Waals surface area contributed by atoms with Gasteiger partial charge in [-0.3, -0.25) is 4.99 Å². The van der Waals surface area contributed by atoms with Gasteiger partial charge >= 0.3 is 0 Å². The number of nitrogens with one attached hydrogen (secondary N) is 1. The van der Waals surface area contributed by atoms with Crippen LogP contribution >= 0.6 is 0 Å². The molecule has 2 aromatic carbocycles. The number of aromatic nitrogens is 1. The standard InChI is InChI=1S/C22H25N3O/c1-16-24-22(2,12-18-13-23-20-10-6-5-9-19(18)20)15-25(16)14-17-8-4-7-11-21(17)26-3/h4-11,13,23H,12,14-15H2,1-3H3. The van der Waals surface area contributed by atoms with Gasteiger partial charge in [0, 0.05) is 42.2 Å². The molecule has 1 aliphatic heterocycles. The Morgan fingerprint density at radius 1 is 1.12 bits per heavy atom. The van der Waals surface area contributed by atoms with Crippen molar-refractivity contribution >= 4 is 16.7 Å². The van der Waals surface area contributed by atoms with E-state index in [4.69, 9.17) is 9.73 Å². The van der Waals surface area contributed by atoms with E-state index in [2.05, 4.69) is 66.3 Å². The monoisotopic (exact) mass is 347 g/mol. The maximum Gasteiger partial charge on any atom is 0.123 e. The van der Waals surface area contributed by atoms with Crippen LogP contribution in [0.1, 0.15) is 25.0 Å². The summed E-state index contributed by atoms with van der Waals surface area (Å²) in [5.74, 6) is 2.03. The molecule has 0 amide bonds. The number of ether oxygens (including phenoxy) is 1. The Bertz CT molecular complexity index is 959. The number of aromatic amines is 1. The molecule has 1 unspecified atom stereocenters. The smallest absolute Gasteiger partial charge is 0.123 e. The molecule has 0 radical (unpaired) electrons. The van der Waals surface area contributed by atoms with Gasteiger partial charge < -0.3 is 14.6 Å².